The number of aliphatic carboxylic acids is 1. The summed E-state index contributed by atoms with van der Waals surface area (Å²) < 4.78 is 1.00. The van der Waals surface area contributed by atoms with Crippen molar-refractivity contribution in [3.63, 3.8) is 0 Å². The fourth-order valence-corrected chi connectivity index (χ4v) is 3.08. The molecule has 1 aliphatic heterocycles. The van der Waals surface area contributed by atoms with Crippen LogP contribution in [0.25, 0.3) is 6.08 Å². The van der Waals surface area contributed by atoms with Crippen molar-refractivity contribution in [2.45, 2.75) is 12.5 Å². The smallest absolute Gasteiger partial charge is 0.328 e. The predicted octanol–water partition coefficient (Wildman–Crippen LogP) is 2.69. The van der Waals surface area contributed by atoms with E-state index < -0.39 is 5.97 Å². The predicted molar refractivity (Wildman–Crippen MR) is 85.1 cm³/mol. The molecule has 0 radical (unpaired) electrons. The standard InChI is InChI=1S/C15H19BrN2O2/c1-17(2)12-7-8-18(10-12)14-5-3-11(9-13(14)16)4-6-15(19)20/h3-6,9,12H,7-8,10H2,1-2H3,(H,19,20)/b6-4+. The molecule has 1 aliphatic rings. The Labute approximate surface area is 127 Å². The van der Waals surface area contributed by atoms with Crippen LogP contribution in [0.4, 0.5) is 5.69 Å². The van der Waals surface area contributed by atoms with Crippen LogP contribution in [0, 0.1) is 0 Å². The summed E-state index contributed by atoms with van der Waals surface area (Å²) in [7, 11) is 4.23. The summed E-state index contributed by atoms with van der Waals surface area (Å²) >= 11 is 3.58. The third kappa shape index (κ3) is 3.61. The zero-order valence-corrected chi connectivity index (χ0v) is 13.3. The van der Waals surface area contributed by atoms with Crippen LogP contribution in [0.15, 0.2) is 28.7 Å². The summed E-state index contributed by atoms with van der Waals surface area (Å²) in [5.41, 5.74) is 2.05. The molecular formula is C15H19BrN2O2. The van der Waals surface area contributed by atoms with Gasteiger partial charge in [-0.1, -0.05) is 6.07 Å². The topological polar surface area (TPSA) is 43.8 Å². The largest absolute Gasteiger partial charge is 0.478 e. The van der Waals surface area contributed by atoms with E-state index in [4.69, 9.17) is 5.11 Å². The lowest BCUT2D eigenvalue weighted by Gasteiger charge is -2.23. The molecule has 1 aromatic rings. The van der Waals surface area contributed by atoms with Crippen molar-refractivity contribution in [3.8, 4) is 0 Å². The number of carboxylic acid groups (broad SMARTS) is 1. The van der Waals surface area contributed by atoms with Crippen LogP contribution < -0.4 is 4.90 Å². The third-order valence-electron chi connectivity index (χ3n) is 3.62. The normalized spacial score (nSPS) is 19.2. The van der Waals surface area contributed by atoms with E-state index in [0.29, 0.717) is 6.04 Å². The maximum Gasteiger partial charge on any atom is 0.328 e. The monoisotopic (exact) mass is 338 g/mol. The van der Waals surface area contributed by atoms with Gasteiger partial charge in [0, 0.05) is 29.7 Å². The van der Waals surface area contributed by atoms with Gasteiger partial charge in [0.25, 0.3) is 0 Å². The summed E-state index contributed by atoms with van der Waals surface area (Å²) in [5, 5.41) is 8.64. The van der Waals surface area contributed by atoms with Crippen LogP contribution in [0.2, 0.25) is 0 Å². The van der Waals surface area contributed by atoms with Crippen LogP contribution in [-0.4, -0.2) is 49.2 Å². The number of anilines is 1. The average molecular weight is 339 g/mol. The quantitative estimate of drug-likeness (QED) is 0.857. The van der Waals surface area contributed by atoms with Crippen molar-refractivity contribution >= 4 is 33.7 Å². The summed E-state index contributed by atoms with van der Waals surface area (Å²) in [6.07, 6.45) is 3.92. The van der Waals surface area contributed by atoms with Gasteiger partial charge in [0.05, 0.1) is 5.69 Å². The van der Waals surface area contributed by atoms with Crippen LogP contribution in [-0.2, 0) is 4.79 Å². The number of carbonyl (C=O) groups is 1. The van der Waals surface area contributed by atoms with Gasteiger partial charge in [-0.3, -0.25) is 0 Å². The molecular weight excluding hydrogens is 320 g/mol. The zero-order chi connectivity index (χ0) is 14.7. The van der Waals surface area contributed by atoms with E-state index in [1.807, 2.05) is 18.2 Å². The van der Waals surface area contributed by atoms with Gasteiger partial charge >= 0.3 is 5.97 Å². The molecule has 1 fully saturated rings. The highest BCUT2D eigenvalue weighted by Gasteiger charge is 2.25. The zero-order valence-electron chi connectivity index (χ0n) is 11.7. The van der Waals surface area contributed by atoms with Crippen molar-refractivity contribution in [2.24, 2.45) is 0 Å². The second-order valence-electron chi connectivity index (χ2n) is 5.23. The van der Waals surface area contributed by atoms with Crippen LogP contribution in [0.1, 0.15) is 12.0 Å². The molecule has 1 saturated heterocycles. The molecule has 2 rings (SSSR count). The molecule has 108 valence electrons. The highest BCUT2D eigenvalue weighted by molar-refractivity contribution is 9.10. The number of benzene rings is 1. The SMILES string of the molecule is CN(C)C1CCN(c2ccc(/C=C/C(=O)O)cc2Br)C1. The number of carboxylic acids is 1. The highest BCUT2D eigenvalue weighted by Crippen LogP contribution is 2.31. The van der Waals surface area contributed by atoms with Gasteiger partial charge < -0.3 is 14.9 Å². The Balaban J connectivity index is 2.12. The maximum atomic E-state index is 10.5. The Kier molecular flexibility index (Phi) is 4.83. The Morgan fingerprint density at radius 1 is 1.50 bits per heavy atom. The van der Waals surface area contributed by atoms with E-state index >= 15 is 0 Å². The first-order valence-corrected chi connectivity index (χ1v) is 7.38. The van der Waals surface area contributed by atoms with E-state index in [1.165, 1.54) is 12.1 Å². The number of nitrogens with zero attached hydrogens (tertiary/aromatic N) is 2. The van der Waals surface area contributed by atoms with E-state index in [-0.39, 0.29) is 0 Å². The van der Waals surface area contributed by atoms with Crippen molar-refractivity contribution in [2.75, 3.05) is 32.1 Å². The lowest BCUT2D eigenvalue weighted by Crippen LogP contribution is -2.31. The van der Waals surface area contributed by atoms with Crippen molar-refractivity contribution in [3.05, 3.63) is 34.3 Å². The van der Waals surface area contributed by atoms with Gasteiger partial charge in [-0.25, -0.2) is 4.79 Å². The average Bonchev–Trinajstić information content (AvgIpc) is 2.86. The molecule has 4 nitrogen and oxygen atoms in total. The Morgan fingerprint density at radius 2 is 2.25 bits per heavy atom. The summed E-state index contributed by atoms with van der Waals surface area (Å²) in [4.78, 5) is 15.1. The fourth-order valence-electron chi connectivity index (χ4n) is 2.43. The molecule has 20 heavy (non-hydrogen) atoms. The Bertz CT molecular complexity index is 529. The van der Waals surface area contributed by atoms with Crippen molar-refractivity contribution < 1.29 is 9.90 Å². The minimum atomic E-state index is -0.932. The van der Waals surface area contributed by atoms with E-state index in [2.05, 4.69) is 39.8 Å². The number of hydrogen-bond donors (Lipinski definition) is 1. The first-order valence-electron chi connectivity index (χ1n) is 6.59. The van der Waals surface area contributed by atoms with Crippen LogP contribution >= 0.6 is 15.9 Å². The molecule has 1 N–H and O–H groups in total. The molecule has 5 heteroatoms. The number of rotatable bonds is 4. The Morgan fingerprint density at radius 3 is 2.80 bits per heavy atom. The maximum absolute atomic E-state index is 10.5. The van der Waals surface area contributed by atoms with Gasteiger partial charge in [-0.15, -0.1) is 0 Å². The highest BCUT2D eigenvalue weighted by atomic mass is 79.9. The fraction of sp³-hybridized carbons (Fsp3) is 0.400. The van der Waals surface area contributed by atoms with Gasteiger partial charge in [0.2, 0.25) is 0 Å². The van der Waals surface area contributed by atoms with Gasteiger partial charge in [0.15, 0.2) is 0 Å². The number of halogens is 1. The third-order valence-corrected chi connectivity index (χ3v) is 4.26. The number of hydrogen-bond acceptors (Lipinski definition) is 3. The summed E-state index contributed by atoms with van der Waals surface area (Å²) in [6.45, 7) is 2.07. The lowest BCUT2D eigenvalue weighted by atomic mass is 10.2. The molecule has 0 saturated carbocycles. The molecule has 0 aliphatic carbocycles. The van der Waals surface area contributed by atoms with Crippen molar-refractivity contribution in [1.29, 1.82) is 0 Å². The van der Waals surface area contributed by atoms with Crippen LogP contribution in [0.5, 0.6) is 0 Å². The molecule has 1 heterocycles. The minimum absolute atomic E-state index is 0.591. The first-order chi connectivity index (χ1) is 9.47. The molecule has 1 unspecified atom stereocenters. The second-order valence-corrected chi connectivity index (χ2v) is 6.09. The van der Waals surface area contributed by atoms with E-state index in [1.54, 1.807) is 6.08 Å². The van der Waals surface area contributed by atoms with Gasteiger partial charge in [-0.05, 0) is 60.2 Å². The lowest BCUT2D eigenvalue weighted by molar-refractivity contribution is -0.131. The van der Waals surface area contributed by atoms with Crippen molar-refractivity contribution in [1.82, 2.24) is 4.90 Å². The van der Waals surface area contributed by atoms with Gasteiger partial charge in [0.1, 0.15) is 0 Å². The number of likely N-dealkylation sites (N-methyl/N-ethyl adjacent to an activating group) is 1. The molecule has 1 aromatic carbocycles. The summed E-state index contributed by atoms with van der Waals surface area (Å²) in [5.74, 6) is -0.932. The molecule has 0 spiro atoms. The first kappa shape index (κ1) is 15.1. The Hall–Kier alpha value is -1.33. The molecule has 0 aromatic heterocycles. The minimum Gasteiger partial charge on any atom is -0.478 e. The van der Waals surface area contributed by atoms with Gasteiger partial charge in [-0.2, -0.15) is 0 Å². The van der Waals surface area contributed by atoms with E-state index in [0.717, 1.165) is 29.2 Å². The van der Waals surface area contributed by atoms with Crippen LogP contribution in [0.3, 0.4) is 0 Å². The van der Waals surface area contributed by atoms with E-state index in [9.17, 15) is 4.79 Å². The second kappa shape index (κ2) is 6.41. The molecule has 1 atom stereocenters. The molecule has 0 bridgehead atoms. The molecule has 0 amide bonds. The summed E-state index contributed by atoms with van der Waals surface area (Å²) in [6, 6.07) is 6.54.